The fourth-order valence-electron chi connectivity index (χ4n) is 3.69. The number of halogens is 1. The van der Waals surface area contributed by atoms with Crippen LogP contribution < -0.4 is 4.74 Å². The monoisotopic (exact) mass is 429 g/mol. The SMILES string of the molecule is C[C@@H]1CN(Cc2ccc(F)cc2)[C@@H](C)CN1C(=O)COc1ccc(C=O)cc1[N+](=O)[O-]. The molecule has 1 saturated heterocycles. The first-order valence-electron chi connectivity index (χ1n) is 9.93. The van der Waals surface area contributed by atoms with Crippen LogP contribution in [0.2, 0.25) is 0 Å². The lowest BCUT2D eigenvalue weighted by atomic mass is 10.1. The summed E-state index contributed by atoms with van der Waals surface area (Å²) in [4.78, 5) is 38.1. The Morgan fingerprint density at radius 2 is 1.90 bits per heavy atom. The molecule has 8 nitrogen and oxygen atoms in total. The van der Waals surface area contributed by atoms with Crippen LogP contribution in [0.5, 0.6) is 5.75 Å². The average Bonchev–Trinajstić information content (AvgIpc) is 2.75. The molecular weight excluding hydrogens is 405 g/mol. The van der Waals surface area contributed by atoms with E-state index in [9.17, 15) is 24.1 Å². The van der Waals surface area contributed by atoms with Crippen molar-refractivity contribution in [2.75, 3.05) is 19.7 Å². The summed E-state index contributed by atoms with van der Waals surface area (Å²) in [5.74, 6) is -0.601. The van der Waals surface area contributed by atoms with Crippen molar-refractivity contribution in [2.45, 2.75) is 32.5 Å². The predicted octanol–water partition coefficient (Wildman–Crippen LogP) is 3.05. The van der Waals surface area contributed by atoms with Gasteiger partial charge >= 0.3 is 5.69 Å². The number of nitrogens with zero attached hydrogens (tertiary/aromatic N) is 3. The summed E-state index contributed by atoms with van der Waals surface area (Å²) < 4.78 is 18.6. The summed E-state index contributed by atoms with van der Waals surface area (Å²) in [6.45, 7) is 5.38. The molecule has 0 N–H and O–H groups in total. The van der Waals surface area contributed by atoms with Crippen molar-refractivity contribution in [1.29, 1.82) is 0 Å². The Morgan fingerprint density at radius 1 is 1.19 bits per heavy atom. The van der Waals surface area contributed by atoms with Crippen LogP contribution in [0.4, 0.5) is 10.1 Å². The molecule has 2 atom stereocenters. The third-order valence-corrected chi connectivity index (χ3v) is 5.40. The number of rotatable bonds is 7. The van der Waals surface area contributed by atoms with E-state index in [0.717, 1.165) is 11.6 Å². The zero-order valence-electron chi connectivity index (χ0n) is 17.4. The highest BCUT2D eigenvalue weighted by Gasteiger charge is 2.32. The van der Waals surface area contributed by atoms with Gasteiger partial charge in [-0.3, -0.25) is 24.6 Å². The van der Waals surface area contributed by atoms with Gasteiger partial charge in [-0.25, -0.2) is 4.39 Å². The third kappa shape index (κ3) is 5.43. The number of hydrogen-bond donors (Lipinski definition) is 0. The Labute approximate surface area is 179 Å². The van der Waals surface area contributed by atoms with E-state index in [2.05, 4.69) is 4.90 Å². The summed E-state index contributed by atoms with van der Waals surface area (Å²) in [7, 11) is 0. The summed E-state index contributed by atoms with van der Waals surface area (Å²) in [5, 5.41) is 11.2. The highest BCUT2D eigenvalue weighted by molar-refractivity contribution is 5.79. The van der Waals surface area contributed by atoms with Crippen LogP contribution in [-0.2, 0) is 11.3 Å². The molecule has 31 heavy (non-hydrogen) atoms. The van der Waals surface area contributed by atoms with Crippen LogP contribution in [0.3, 0.4) is 0 Å². The first-order chi connectivity index (χ1) is 14.8. The molecule has 164 valence electrons. The van der Waals surface area contributed by atoms with Crippen LogP contribution in [0.1, 0.15) is 29.8 Å². The van der Waals surface area contributed by atoms with E-state index < -0.39 is 4.92 Å². The van der Waals surface area contributed by atoms with Gasteiger partial charge in [0.25, 0.3) is 5.91 Å². The Morgan fingerprint density at radius 3 is 2.55 bits per heavy atom. The molecule has 9 heteroatoms. The van der Waals surface area contributed by atoms with Crippen molar-refractivity contribution in [1.82, 2.24) is 9.80 Å². The standard InChI is InChI=1S/C22H24FN3O5/c1-15-11-25(16(2)10-24(15)12-17-3-6-19(23)7-4-17)22(28)14-31-21-8-5-18(13-27)9-20(21)26(29)30/h3-9,13,15-16H,10-12,14H2,1-2H3/t15-,16+/m0/s1. The van der Waals surface area contributed by atoms with Crippen molar-refractivity contribution >= 4 is 17.9 Å². The van der Waals surface area contributed by atoms with Crippen LogP contribution in [0, 0.1) is 15.9 Å². The fourth-order valence-corrected chi connectivity index (χ4v) is 3.69. The minimum atomic E-state index is -0.647. The first kappa shape index (κ1) is 22.4. The second-order valence-corrected chi connectivity index (χ2v) is 7.69. The summed E-state index contributed by atoms with van der Waals surface area (Å²) in [6.07, 6.45) is 0.510. The largest absolute Gasteiger partial charge is 0.477 e. The van der Waals surface area contributed by atoms with Crippen molar-refractivity contribution in [3.8, 4) is 5.75 Å². The number of aldehydes is 1. The molecule has 1 aliphatic heterocycles. The highest BCUT2D eigenvalue weighted by atomic mass is 19.1. The second-order valence-electron chi connectivity index (χ2n) is 7.69. The predicted molar refractivity (Wildman–Crippen MR) is 111 cm³/mol. The zero-order valence-corrected chi connectivity index (χ0v) is 17.4. The van der Waals surface area contributed by atoms with Crippen molar-refractivity contribution < 1.29 is 23.6 Å². The van der Waals surface area contributed by atoms with Gasteiger partial charge in [-0.05, 0) is 43.7 Å². The zero-order chi connectivity index (χ0) is 22.5. The van der Waals surface area contributed by atoms with Gasteiger partial charge in [0, 0.05) is 43.3 Å². The third-order valence-electron chi connectivity index (χ3n) is 5.40. The quantitative estimate of drug-likeness (QED) is 0.382. The van der Waals surface area contributed by atoms with Gasteiger partial charge in [0.05, 0.1) is 4.92 Å². The number of benzene rings is 2. The Kier molecular flexibility index (Phi) is 6.96. The van der Waals surface area contributed by atoms with E-state index in [4.69, 9.17) is 4.74 Å². The Balaban J connectivity index is 1.61. The molecule has 0 saturated carbocycles. The molecule has 0 radical (unpaired) electrons. The maximum Gasteiger partial charge on any atom is 0.311 e. The van der Waals surface area contributed by atoms with Crippen molar-refractivity contribution in [3.63, 3.8) is 0 Å². The molecule has 1 fully saturated rings. The first-order valence-corrected chi connectivity index (χ1v) is 9.93. The topological polar surface area (TPSA) is 93.0 Å². The Hall–Kier alpha value is -3.33. The van der Waals surface area contributed by atoms with Gasteiger partial charge in [-0.1, -0.05) is 12.1 Å². The van der Waals surface area contributed by atoms with Gasteiger partial charge in [0.15, 0.2) is 12.4 Å². The van der Waals surface area contributed by atoms with Crippen LogP contribution in [0.25, 0.3) is 0 Å². The number of carbonyl (C=O) groups is 2. The minimum Gasteiger partial charge on any atom is -0.477 e. The van der Waals surface area contributed by atoms with Crippen molar-refractivity contribution in [2.24, 2.45) is 0 Å². The lowest BCUT2D eigenvalue weighted by molar-refractivity contribution is -0.385. The molecular formula is C22H24FN3O5. The van der Waals surface area contributed by atoms with E-state index in [-0.39, 0.29) is 47.4 Å². The van der Waals surface area contributed by atoms with E-state index in [1.807, 2.05) is 13.8 Å². The number of nitro groups is 1. The number of amides is 1. The molecule has 0 aliphatic carbocycles. The molecule has 2 aromatic rings. The maximum atomic E-state index is 13.1. The normalized spacial score (nSPS) is 19.1. The summed E-state index contributed by atoms with van der Waals surface area (Å²) >= 11 is 0. The summed E-state index contributed by atoms with van der Waals surface area (Å²) in [6, 6.07) is 10.2. The average molecular weight is 429 g/mol. The molecule has 1 aliphatic rings. The highest BCUT2D eigenvalue weighted by Crippen LogP contribution is 2.28. The molecule has 1 amide bonds. The maximum absolute atomic E-state index is 13.1. The molecule has 0 aromatic heterocycles. The van der Waals surface area contributed by atoms with Crippen molar-refractivity contribution in [3.05, 3.63) is 69.5 Å². The van der Waals surface area contributed by atoms with E-state index in [1.54, 1.807) is 17.0 Å². The molecule has 0 bridgehead atoms. The van der Waals surface area contributed by atoms with Gasteiger partial charge in [0.2, 0.25) is 0 Å². The number of ether oxygens (including phenoxy) is 1. The van der Waals surface area contributed by atoms with E-state index >= 15 is 0 Å². The summed E-state index contributed by atoms with van der Waals surface area (Å²) in [5.41, 5.74) is 0.794. The van der Waals surface area contributed by atoms with Crippen LogP contribution in [-0.4, -0.2) is 58.7 Å². The molecule has 3 rings (SSSR count). The lowest BCUT2D eigenvalue weighted by Gasteiger charge is -2.44. The number of nitro benzene ring substituents is 1. The van der Waals surface area contributed by atoms with Gasteiger partial charge in [0.1, 0.15) is 12.1 Å². The fraction of sp³-hybridized carbons (Fsp3) is 0.364. The lowest BCUT2D eigenvalue weighted by Crippen LogP contribution is -2.58. The smallest absolute Gasteiger partial charge is 0.311 e. The van der Waals surface area contributed by atoms with Gasteiger partial charge < -0.3 is 9.64 Å². The minimum absolute atomic E-state index is 0.0559. The second kappa shape index (κ2) is 9.65. The molecule has 0 unspecified atom stereocenters. The Bertz CT molecular complexity index is 966. The molecule has 1 heterocycles. The van der Waals surface area contributed by atoms with E-state index in [1.165, 1.54) is 24.3 Å². The molecule has 2 aromatic carbocycles. The van der Waals surface area contributed by atoms with Crippen LogP contribution >= 0.6 is 0 Å². The number of carbonyl (C=O) groups excluding carboxylic acids is 2. The molecule has 0 spiro atoms. The van der Waals surface area contributed by atoms with Gasteiger partial charge in [-0.2, -0.15) is 0 Å². The number of piperazine rings is 1. The van der Waals surface area contributed by atoms with Gasteiger partial charge in [-0.15, -0.1) is 0 Å². The van der Waals surface area contributed by atoms with Crippen LogP contribution in [0.15, 0.2) is 42.5 Å². The number of hydrogen-bond acceptors (Lipinski definition) is 6. The van der Waals surface area contributed by atoms with E-state index in [0.29, 0.717) is 25.9 Å².